The smallest absolute Gasteiger partial charge is 0.170 e. The third-order valence-corrected chi connectivity index (χ3v) is 5.05. The minimum atomic E-state index is -0.281. The van der Waals surface area contributed by atoms with Crippen LogP contribution in [0.4, 0.5) is 0 Å². The van der Waals surface area contributed by atoms with E-state index in [2.05, 4.69) is 12.2 Å². The van der Waals surface area contributed by atoms with Crippen molar-refractivity contribution in [3.05, 3.63) is 33.3 Å². The summed E-state index contributed by atoms with van der Waals surface area (Å²) in [6.45, 7) is 5.78. The van der Waals surface area contributed by atoms with Crippen LogP contribution in [0.15, 0.2) is 12.1 Å². The molecule has 1 saturated heterocycles. The van der Waals surface area contributed by atoms with E-state index in [-0.39, 0.29) is 11.2 Å². The normalized spacial score (nSPS) is 22.8. The summed E-state index contributed by atoms with van der Waals surface area (Å²) in [5.41, 5.74) is 1.27. The Kier molecular flexibility index (Phi) is 5.11. The lowest BCUT2D eigenvalue weighted by molar-refractivity contribution is 0.0718. The summed E-state index contributed by atoms with van der Waals surface area (Å²) in [5.74, 6) is 0.202. The van der Waals surface area contributed by atoms with E-state index < -0.39 is 0 Å². The molecule has 1 aromatic carbocycles. The van der Waals surface area contributed by atoms with Crippen molar-refractivity contribution >= 4 is 29.0 Å². The summed E-state index contributed by atoms with van der Waals surface area (Å²) in [7, 11) is 0. The van der Waals surface area contributed by atoms with Crippen LogP contribution in [0.1, 0.15) is 48.5 Å². The van der Waals surface area contributed by atoms with E-state index >= 15 is 0 Å². The molecule has 1 aliphatic rings. The van der Waals surface area contributed by atoms with Crippen molar-refractivity contribution in [1.82, 2.24) is 5.32 Å². The zero-order valence-corrected chi connectivity index (χ0v) is 13.6. The van der Waals surface area contributed by atoms with Gasteiger partial charge in [0.25, 0.3) is 0 Å². The number of hydrogen-bond donors (Lipinski definition) is 1. The maximum absolute atomic E-state index is 13.0. The van der Waals surface area contributed by atoms with Gasteiger partial charge in [0.05, 0.1) is 10.0 Å². The van der Waals surface area contributed by atoms with E-state index in [4.69, 9.17) is 23.2 Å². The Bertz CT molecular complexity index is 479. The van der Waals surface area contributed by atoms with Gasteiger partial charge in [-0.3, -0.25) is 4.79 Å². The van der Waals surface area contributed by atoms with Crippen molar-refractivity contribution in [2.75, 3.05) is 13.1 Å². The molecule has 1 heterocycles. The van der Waals surface area contributed by atoms with Crippen molar-refractivity contribution in [1.29, 1.82) is 0 Å². The van der Waals surface area contributed by atoms with Gasteiger partial charge in [0.2, 0.25) is 0 Å². The van der Waals surface area contributed by atoms with E-state index in [0.717, 1.165) is 44.3 Å². The lowest BCUT2D eigenvalue weighted by atomic mass is 9.71. The van der Waals surface area contributed by atoms with Gasteiger partial charge in [-0.1, -0.05) is 36.5 Å². The van der Waals surface area contributed by atoms with Crippen LogP contribution in [0.2, 0.25) is 10.0 Å². The van der Waals surface area contributed by atoms with Crippen molar-refractivity contribution in [2.24, 2.45) is 5.41 Å². The number of ketones is 1. The molecule has 1 unspecified atom stereocenters. The SMILES string of the molecule is CCCC1(C(=O)c2cc(C)c(Cl)c(Cl)c2)CCCNC1. The van der Waals surface area contributed by atoms with Gasteiger partial charge in [-0.05, 0) is 50.4 Å². The molecule has 4 heteroatoms. The van der Waals surface area contributed by atoms with Crippen molar-refractivity contribution < 1.29 is 4.79 Å². The summed E-state index contributed by atoms with van der Waals surface area (Å²) < 4.78 is 0. The van der Waals surface area contributed by atoms with Crippen LogP contribution in [0, 0.1) is 12.3 Å². The Balaban J connectivity index is 2.37. The molecule has 0 bridgehead atoms. The molecule has 1 atom stereocenters. The second-order valence-electron chi connectivity index (χ2n) is 5.73. The lowest BCUT2D eigenvalue weighted by Gasteiger charge is -2.36. The van der Waals surface area contributed by atoms with E-state index in [1.54, 1.807) is 6.07 Å². The number of halogens is 2. The summed E-state index contributed by atoms with van der Waals surface area (Å²) >= 11 is 12.2. The summed E-state index contributed by atoms with van der Waals surface area (Å²) in [6.07, 6.45) is 3.92. The number of carbonyl (C=O) groups excluding carboxylic acids is 1. The van der Waals surface area contributed by atoms with Gasteiger partial charge in [0.1, 0.15) is 0 Å². The van der Waals surface area contributed by atoms with Gasteiger partial charge in [-0.15, -0.1) is 0 Å². The highest BCUT2D eigenvalue weighted by molar-refractivity contribution is 6.42. The Morgan fingerprint density at radius 2 is 2.15 bits per heavy atom. The topological polar surface area (TPSA) is 29.1 Å². The second-order valence-corrected chi connectivity index (χ2v) is 6.51. The van der Waals surface area contributed by atoms with E-state index in [1.165, 1.54) is 0 Å². The molecular weight excluding hydrogens is 293 g/mol. The number of piperidine rings is 1. The average Bonchev–Trinajstić information content (AvgIpc) is 2.44. The molecule has 20 heavy (non-hydrogen) atoms. The molecule has 1 N–H and O–H groups in total. The van der Waals surface area contributed by atoms with Gasteiger partial charge in [-0.2, -0.15) is 0 Å². The zero-order valence-electron chi connectivity index (χ0n) is 12.1. The van der Waals surface area contributed by atoms with Gasteiger partial charge in [0.15, 0.2) is 5.78 Å². The second kappa shape index (κ2) is 6.46. The predicted octanol–water partition coefficient (Wildman–Crippen LogP) is 4.65. The Hall–Kier alpha value is -0.570. The van der Waals surface area contributed by atoms with Crippen LogP contribution in [0.3, 0.4) is 0 Å². The third-order valence-electron chi connectivity index (χ3n) is 4.15. The molecule has 0 aromatic heterocycles. The van der Waals surface area contributed by atoms with Crippen molar-refractivity contribution in [2.45, 2.75) is 39.5 Å². The molecule has 110 valence electrons. The number of Topliss-reactive ketones (excluding diaryl/α,β-unsaturated/α-hetero) is 1. The van der Waals surface area contributed by atoms with Crippen molar-refractivity contribution in [3.8, 4) is 0 Å². The molecular formula is C16H21Cl2NO. The fourth-order valence-corrected chi connectivity index (χ4v) is 3.51. The largest absolute Gasteiger partial charge is 0.316 e. The molecule has 0 spiro atoms. The maximum atomic E-state index is 13.0. The number of hydrogen-bond acceptors (Lipinski definition) is 2. The maximum Gasteiger partial charge on any atom is 0.170 e. The Labute approximate surface area is 130 Å². The first kappa shape index (κ1) is 15.8. The highest BCUT2D eigenvalue weighted by Gasteiger charge is 2.39. The molecule has 1 fully saturated rings. The molecule has 0 amide bonds. The Morgan fingerprint density at radius 3 is 2.70 bits per heavy atom. The van der Waals surface area contributed by atoms with Gasteiger partial charge in [0, 0.05) is 17.5 Å². The molecule has 1 aliphatic heterocycles. The molecule has 1 aromatic rings. The third kappa shape index (κ3) is 3.03. The molecule has 0 saturated carbocycles. The van der Waals surface area contributed by atoms with Gasteiger partial charge >= 0.3 is 0 Å². The monoisotopic (exact) mass is 313 g/mol. The molecule has 0 aliphatic carbocycles. The first-order valence-electron chi connectivity index (χ1n) is 7.21. The summed E-state index contributed by atoms with van der Waals surface area (Å²) in [6, 6.07) is 3.58. The average molecular weight is 314 g/mol. The molecule has 2 nitrogen and oxygen atoms in total. The van der Waals surface area contributed by atoms with Gasteiger partial charge in [-0.25, -0.2) is 0 Å². The number of rotatable bonds is 4. The van der Waals surface area contributed by atoms with Crippen LogP contribution >= 0.6 is 23.2 Å². The number of nitrogens with one attached hydrogen (secondary N) is 1. The summed E-state index contributed by atoms with van der Waals surface area (Å²) in [4.78, 5) is 13.0. The van der Waals surface area contributed by atoms with E-state index in [0.29, 0.717) is 15.6 Å². The first-order chi connectivity index (χ1) is 9.50. The van der Waals surface area contributed by atoms with Crippen LogP contribution < -0.4 is 5.32 Å². The minimum absolute atomic E-state index is 0.202. The lowest BCUT2D eigenvalue weighted by Crippen LogP contribution is -2.45. The predicted molar refractivity (Wildman–Crippen MR) is 85.0 cm³/mol. The summed E-state index contributed by atoms with van der Waals surface area (Å²) in [5, 5.41) is 4.37. The number of benzene rings is 1. The number of carbonyl (C=O) groups is 1. The number of aryl methyl sites for hydroxylation is 1. The zero-order chi connectivity index (χ0) is 14.8. The van der Waals surface area contributed by atoms with E-state index in [1.807, 2.05) is 13.0 Å². The van der Waals surface area contributed by atoms with Crippen LogP contribution in [-0.4, -0.2) is 18.9 Å². The van der Waals surface area contributed by atoms with Crippen molar-refractivity contribution in [3.63, 3.8) is 0 Å². The fraction of sp³-hybridized carbons (Fsp3) is 0.562. The van der Waals surface area contributed by atoms with Crippen LogP contribution in [0.5, 0.6) is 0 Å². The fourth-order valence-electron chi connectivity index (χ4n) is 3.13. The molecule has 0 radical (unpaired) electrons. The van der Waals surface area contributed by atoms with E-state index in [9.17, 15) is 4.79 Å². The highest BCUT2D eigenvalue weighted by atomic mass is 35.5. The quantitative estimate of drug-likeness (QED) is 0.819. The van der Waals surface area contributed by atoms with Crippen LogP contribution in [0.25, 0.3) is 0 Å². The van der Waals surface area contributed by atoms with Gasteiger partial charge < -0.3 is 5.32 Å². The molecule has 2 rings (SSSR count). The minimum Gasteiger partial charge on any atom is -0.316 e. The standard InChI is InChI=1S/C16H21Cl2NO/c1-3-5-16(6-4-7-19-10-16)15(20)12-8-11(2)14(18)13(17)9-12/h8-9,19H,3-7,10H2,1-2H3. The highest BCUT2D eigenvalue weighted by Crippen LogP contribution is 2.37. The Morgan fingerprint density at radius 1 is 1.40 bits per heavy atom. The first-order valence-corrected chi connectivity index (χ1v) is 7.97. The van der Waals surface area contributed by atoms with Crippen LogP contribution in [-0.2, 0) is 0 Å².